The minimum absolute atomic E-state index is 0.0499. The molecule has 0 spiro atoms. The summed E-state index contributed by atoms with van der Waals surface area (Å²) >= 11 is 0. The highest BCUT2D eigenvalue weighted by molar-refractivity contribution is 5.94. The average molecular weight is 273 g/mol. The van der Waals surface area contributed by atoms with Crippen LogP contribution >= 0.6 is 0 Å². The normalized spacial score (nSPS) is 11.7. The van der Waals surface area contributed by atoms with Crippen LogP contribution in [0.3, 0.4) is 0 Å². The first-order valence-electron chi connectivity index (χ1n) is 7.13. The molecule has 1 rings (SSSR count). The molecule has 3 nitrogen and oxygen atoms in total. The summed E-state index contributed by atoms with van der Waals surface area (Å²) in [6, 6.07) is 7.28. The second kappa shape index (κ2) is 8.39. The molecular weight excluding hydrogens is 250 g/mol. The van der Waals surface area contributed by atoms with Gasteiger partial charge in [0.1, 0.15) is 6.61 Å². The van der Waals surface area contributed by atoms with E-state index < -0.39 is 0 Å². The quantitative estimate of drug-likeness (QED) is 0.810. The molecule has 0 saturated carbocycles. The van der Waals surface area contributed by atoms with Crippen molar-refractivity contribution in [3.8, 4) is 11.8 Å². The van der Waals surface area contributed by atoms with Gasteiger partial charge in [-0.25, -0.2) is 0 Å². The fraction of sp³-hybridized carbons (Fsp3) is 0.471. The highest BCUT2D eigenvalue weighted by atomic mass is 16.2. The van der Waals surface area contributed by atoms with Crippen LogP contribution in [0, 0.1) is 17.8 Å². The lowest BCUT2D eigenvalue weighted by molar-refractivity contribution is 0.0925. The third kappa shape index (κ3) is 4.71. The van der Waals surface area contributed by atoms with Crippen LogP contribution < -0.4 is 5.32 Å². The van der Waals surface area contributed by atoms with E-state index in [1.807, 2.05) is 0 Å². The Bertz CT molecular complexity index is 478. The summed E-state index contributed by atoms with van der Waals surface area (Å²) in [5.74, 6) is 5.84. The number of rotatable bonds is 5. The van der Waals surface area contributed by atoms with Crippen LogP contribution in [0.4, 0.5) is 0 Å². The van der Waals surface area contributed by atoms with E-state index in [4.69, 9.17) is 5.11 Å². The van der Waals surface area contributed by atoms with Gasteiger partial charge in [0.15, 0.2) is 0 Å². The molecule has 1 atom stereocenters. The summed E-state index contributed by atoms with van der Waals surface area (Å²) in [7, 11) is 0. The maximum atomic E-state index is 12.1. The summed E-state index contributed by atoms with van der Waals surface area (Å²) < 4.78 is 0. The molecule has 3 heteroatoms. The second-order valence-electron chi connectivity index (χ2n) is 4.88. The van der Waals surface area contributed by atoms with Gasteiger partial charge in [0.25, 0.3) is 5.91 Å². The summed E-state index contributed by atoms with van der Waals surface area (Å²) in [5.41, 5.74) is 1.43. The SMILES string of the molecule is CCC(CC)C(C)NC(=O)c1ccc(C#CCO)cc1. The van der Waals surface area contributed by atoms with Crippen molar-refractivity contribution in [2.45, 2.75) is 39.7 Å². The highest BCUT2D eigenvalue weighted by Crippen LogP contribution is 2.13. The minimum atomic E-state index is -0.158. The van der Waals surface area contributed by atoms with Crippen LogP contribution in [-0.4, -0.2) is 23.7 Å². The van der Waals surface area contributed by atoms with Crippen molar-refractivity contribution in [1.29, 1.82) is 0 Å². The first-order valence-corrected chi connectivity index (χ1v) is 7.13. The van der Waals surface area contributed by atoms with Crippen LogP contribution in [-0.2, 0) is 0 Å². The van der Waals surface area contributed by atoms with Gasteiger partial charge in [0.05, 0.1) is 0 Å². The zero-order valence-electron chi connectivity index (χ0n) is 12.4. The van der Waals surface area contributed by atoms with Gasteiger partial charge in [-0.1, -0.05) is 38.5 Å². The second-order valence-corrected chi connectivity index (χ2v) is 4.88. The molecule has 0 aliphatic heterocycles. The molecule has 1 aromatic rings. The van der Waals surface area contributed by atoms with E-state index >= 15 is 0 Å². The zero-order valence-corrected chi connectivity index (χ0v) is 12.4. The molecule has 0 aliphatic rings. The Morgan fingerprint density at radius 1 is 1.25 bits per heavy atom. The Kier molecular flexibility index (Phi) is 6.83. The predicted octanol–water partition coefficient (Wildman–Crippen LogP) is 2.58. The van der Waals surface area contributed by atoms with Gasteiger partial charge in [0, 0.05) is 17.2 Å². The lowest BCUT2D eigenvalue weighted by Gasteiger charge is -2.22. The standard InChI is InChI=1S/C17H23NO2/c1-4-15(5-2)13(3)18-17(20)16-10-8-14(9-11-16)7-6-12-19/h8-11,13,15,19H,4-5,12H2,1-3H3,(H,18,20). The number of carbonyl (C=O) groups excluding carboxylic acids is 1. The molecular formula is C17H23NO2. The number of hydrogen-bond donors (Lipinski definition) is 2. The largest absolute Gasteiger partial charge is 0.384 e. The van der Waals surface area contributed by atoms with Crippen LogP contribution in [0.1, 0.15) is 49.5 Å². The van der Waals surface area contributed by atoms with Gasteiger partial charge >= 0.3 is 0 Å². The molecule has 0 aliphatic carbocycles. The molecule has 0 saturated heterocycles. The first kappa shape index (κ1) is 16.3. The molecule has 0 radical (unpaired) electrons. The molecule has 2 N–H and O–H groups in total. The van der Waals surface area contributed by atoms with Crippen molar-refractivity contribution in [3.63, 3.8) is 0 Å². The monoisotopic (exact) mass is 273 g/mol. The Morgan fingerprint density at radius 2 is 1.85 bits per heavy atom. The molecule has 108 valence electrons. The van der Waals surface area contributed by atoms with Crippen LogP contribution in [0.15, 0.2) is 24.3 Å². The first-order chi connectivity index (χ1) is 9.62. The van der Waals surface area contributed by atoms with E-state index in [0.29, 0.717) is 11.5 Å². The van der Waals surface area contributed by atoms with Crippen molar-refractivity contribution in [2.24, 2.45) is 5.92 Å². The van der Waals surface area contributed by atoms with Crippen molar-refractivity contribution in [3.05, 3.63) is 35.4 Å². The van der Waals surface area contributed by atoms with Gasteiger partial charge in [-0.2, -0.15) is 0 Å². The van der Waals surface area contributed by atoms with E-state index in [0.717, 1.165) is 18.4 Å². The zero-order chi connectivity index (χ0) is 15.0. The van der Waals surface area contributed by atoms with Gasteiger partial charge in [0.2, 0.25) is 0 Å². The topological polar surface area (TPSA) is 49.3 Å². The molecule has 1 unspecified atom stereocenters. The number of benzene rings is 1. The number of aliphatic hydroxyl groups is 1. The van der Waals surface area contributed by atoms with Crippen molar-refractivity contribution in [2.75, 3.05) is 6.61 Å². The van der Waals surface area contributed by atoms with E-state index in [-0.39, 0.29) is 18.6 Å². The van der Waals surface area contributed by atoms with Crippen molar-refractivity contribution < 1.29 is 9.90 Å². The van der Waals surface area contributed by atoms with Gasteiger partial charge in [-0.3, -0.25) is 4.79 Å². The highest BCUT2D eigenvalue weighted by Gasteiger charge is 2.16. The number of nitrogens with one attached hydrogen (secondary N) is 1. The molecule has 0 bridgehead atoms. The summed E-state index contributed by atoms with van der Waals surface area (Å²) in [5, 5.41) is 11.7. The fourth-order valence-electron chi connectivity index (χ4n) is 2.25. The van der Waals surface area contributed by atoms with Crippen molar-refractivity contribution >= 4 is 5.91 Å². The maximum Gasteiger partial charge on any atom is 0.251 e. The van der Waals surface area contributed by atoms with E-state index in [1.54, 1.807) is 24.3 Å². The van der Waals surface area contributed by atoms with Crippen LogP contribution in [0.5, 0.6) is 0 Å². The molecule has 0 heterocycles. The summed E-state index contributed by atoms with van der Waals surface area (Å²) in [6.45, 7) is 6.18. The third-order valence-corrected chi connectivity index (χ3v) is 3.57. The lowest BCUT2D eigenvalue weighted by atomic mass is 9.95. The molecule has 20 heavy (non-hydrogen) atoms. The van der Waals surface area contributed by atoms with Gasteiger partial charge in [-0.05, 0) is 37.1 Å². The Morgan fingerprint density at radius 3 is 2.35 bits per heavy atom. The van der Waals surface area contributed by atoms with Gasteiger partial charge in [-0.15, -0.1) is 0 Å². The lowest BCUT2D eigenvalue weighted by Crippen LogP contribution is -2.37. The van der Waals surface area contributed by atoms with Crippen LogP contribution in [0.25, 0.3) is 0 Å². The molecule has 1 aromatic carbocycles. The van der Waals surface area contributed by atoms with E-state index in [9.17, 15) is 4.79 Å². The number of hydrogen-bond acceptors (Lipinski definition) is 2. The number of aliphatic hydroxyl groups excluding tert-OH is 1. The smallest absolute Gasteiger partial charge is 0.251 e. The number of carbonyl (C=O) groups is 1. The Hall–Kier alpha value is -1.79. The van der Waals surface area contributed by atoms with Crippen molar-refractivity contribution in [1.82, 2.24) is 5.32 Å². The molecule has 0 fully saturated rings. The van der Waals surface area contributed by atoms with E-state index in [1.165, 1.54) is 0 Å². The van der Waals surface area contributed by atoms with Crippen LogP contribution in [0.2, 0.25) is 0 Å². The third-order valence-electron chi connectivity index (χ3n) is 3.57. The fourth-order valence-corrected chi connectivity index (χ4v) is 2.25. The summed E-state index contributed by atoms with van der Waals surface area (Å²) in [6.07, 6.45) is 2.13. The minimum Gasteiger partial charge on any atom is -0.384 e. The Labute approximate surface area is 121 Å². The average Bonchev–Trinajstić information content (AvgIpc) is 2.46. The Balaban J connectivity index is 2.68. The molecule has 1 amide bonds. The van der Waals surface area contributed by atoms with E-state index in [2.05, 4.69) is 37.9 Å². The maximum absolute atomic E-state index is 12.1. The number of amides is 1. The molecule has 0 aromatic heterocycles. The van der Waals surface area contributed by atoms with Gasteiger partial charge < -0.3 is 10.4 Å². The summed E-state index contributed by atoms with van der Waals surface area (Å²) in [4.78, 5) is 12.1. The predicted molar refractivity (Wildman–Crippen MR) is 81.4 cm³/mol.